The normalized spacial score (nSPS) is 20.1. The van der Waals surface area contributed by atoms with Crippen LogP contribution in [0, 0.1) is 5.92 Å². The van der Waals surface area contributed by atoms with E-state index in [1.54, 1.807) is 36.2 Å². The highest BCUT2D eigenvalue weighted by Crippen LogP contribution is 2.26. The summed E-state index contributed by atoms with van der Waals surface area (Å²) in [5.74, 6) is -0.119. The number of nitrogens with two attached hydrogens (primary N) is 1. The number of carbonyl (C=O) groups excluding carboxylic acids is 3. The second-order valence-electron chi connectivity index (χ2n) is 7.40. The maximum atomic E-state index is 12.3. The Morgan fingerprint density at radius 2 is 1.82 bits per heavy atom. The van der Waals surface area contributed by atoms with Crippen molar-refractivity contribution in [3.63, 3.8) is 0 Å². The van der Waals surface area contributed by atoms with E-state index in [2.05, 4.69) is 12.2 Å². The van der Waals surface area contributed by atoms with E-state index in [0.717, 1.165) is 25.7 Å². The lowest BCUT2D eigenvalue weighted by Gasteiger charge is -2.33. The SMILES string of the molecule is CC1CCC(N(C)C(=O)COC(=O)C[C@H](NC(N)=O)c2ccc(Cl)cc2)CC1. The molecule has 154 valence electrons. The van der Waals surface area contributed by atoms with Crippen LogP contribution < -0.4 is 11.1 Å². The van der Waals surface area contributed by atoms with Crippen molar-refractivity contribution in [3.05, 3.63) is 34.9 Å². The molecular weight excluding hydrogens is 382 g/mol. The Morgan fingerprint density at radius 1 is 1.21 bits per heavy atom. The molecule has 1 atom stereocenters. The summed E-state index contributed by atoms with van der Waals surface area (Å²) in [7, 11) is 1.75. The van der Waals surface area contributed by atoms with Crippen LogP contribution in [0.3, 0.4) is 0 Å². The quantitative estimate of drug-likeness (QED) is 0.675. The van der Waals surface area contributed by atoms with Crippen molar-refractivity contribution >= 4 is 29.5 Å². The number of halogens is 1. The van der Waals surface area contributed by atoms with Gasteiger partial charge in [-0.15, -0.1) is 0 Å². The van der Waals surface area contributed by atoms with Crippen LogP contribution in [0.4, 0.5) is 4.79 Å². The standard InChI is InChI=1S/C20H28ClN3O4/c1-13-3-9-16(10-4-13)24(2)18(25)12-28-19(26)11-17(23-20(22)27)14-5-7-15(21)8-6-14/h5-8,13,16-17H,3-4,9-12H2,1-2H3,(H3,22,23,27)/t13?,16?,17-/m0/s1. The summed E-state index contributed by atoms with van der Waals surface area (Å²) in [6.07, 6.45) is 4.01. The van der Waals surface area contributed by atoms with Crippen LogP contribution in [-0.2, 0) is 14.3 Å². The first-order chi connectivity index (χ1) is 13.3. The maximum absolute atomic E-state index is 12.3. The minimum atomic E-state index is -0.755. The molecular formula is C20H28ClN3O4. The molecule has 1 aliphatic carbocycles. The molecule has 1 saturated carbocycles. The van der Waals surface area contributed by atoms with Crippen molar-refractivity contribution in [2.45, 2.75) is 51.1 Å². The molecule has 0 radical (unpaired) electrons. The van der Waals surface area contributed by atoms with E-state index in [-0.39, 0.29) is 25.0 Å². The molecule has 3 amide bonds. The van der Waals surface area contributed by atoms with Crippen molar-refractivity contribution in [2.24, 2.45) is 11.7 Å². The molecule has 2 rings (SSSR count). The molecule has 0 heterocycles. The van der Waals surface area contributed by atoms with Gasteiger partial charge in [0, 0.05) is 18.1 Å². The Bertz CT molecular complexity index is 687. The van der Waals surface area contributed by atoms with Gasteiger partial charge in [-0.1, -0.05) is 30.7 Å². The Balaban J connectivity index is 1.87. The zero-order valence-corrected chi connectivity index (χ0v) is 17.1. The van der Waals surface area contributed by atoms with E-state index in [0.29, 0.717) is 16.5 Å². The third-order valence-corrected chi connectivity index (χ3v) is 5.49. The van der Waals surface area contributed by atoms with Gasteiger partial charge in [0.15, 0.2) is 6.61 Å². The molecule has 7 nitrogen and oxygen atoms in total. The fraction of sp³-hybridized carbons (Fsp3) is 0.550. The first-order valence-electron chi connectivity index (χ1n) is 9.49. The number of urea groups is 1. The second-order valence-corrected chi connectivity index (χ2v) is 7.83. The van der Waals surface area contributed by atoms with E-state index in [1.165, 1.54) is 0 Å². The van der Waals surface area contributed by atoms with Crippen LogP contribution in [0.5, 0.6) is 0 Å². The molecule has 8 heteroatoms. The summed E-state index contributed by atoms with van der Waals surface area (Å²) in [4.78, 5) is 37.5. The lowest BCUT2D eigenvalue weighted by Crippen LogP contribution is -2.41. The molecule has 1 fully saturated rings. The van der Waals surface area contributed by atoms with Crippen LogP contribution >= 0.6 is 11.6 Å². The summed E-state index contributed by atoms with van der Waals surface area (Å²) in [6.45, 7) is 1.91. The van der Waals surface area contributed by atoms with Crippen molar-refractivity contribution in [3.8, 4) is 0 Å². The number of nitrogens with zero attached hydrogens (tertiary/aromatic N) is 1. The number of amides is 3. The molecule has 1 aromatic carbocycles. The average Bonchev–Trinajstić information content (AvgIpc) is 2.66. The number of ether oxygens (including phenoxy) is 1. The summed E-state index contributed by atoms with van der Waals surface area (Å²) in [6, 6.07) is 5.48. The van der Waals surface area contributed by atoms with E-state index >= 15 is 0 Å². The molecule has 0 aliphatic heterocycles. The van der Waals surface area contributed by atoms with Crippen molar-refractivity contribution in [1.82, 2.24) is 10.2 Å². The van der Waals surface area contributed by atoms with Gasteiger partial charge in [0.2, 0.25) is 0 Å². The number of benzene rings is 1. The Kier molecular flexibility index (Phi) is 8.11. The topological polar surface area (TPSA) is 102 Å². The minimum absolute atomic E-state index is 0.136. The van der Waals surface area contributed by atoms with Crippen molar-refractivity contribution in [1.29, 1.82) is 0 Å². The van der Waals surface area contributed by atoms with E-state index in [9.17, 15) is 14.4 Å². The molecule has 3 N–H and O–H groups in total. The Labute approximate surface area is 170 Å². The number of likely N-dealkylation sites (N-methyl/N-ethyl adjacent to an activating group) is 1. The highest BCUT2D eigenvalue weighted by Gasteiger charge is 2.26. The van der Waals surface area contributed by atoms with Gasteiger partial charge in [0.1, 0.15) is 0 Å². The fourth-order valence-electron chi connectivity index (χ4n) is 3.42. The molecule has 0 saturated heterocycles. The summed E-state index contributed by atoms with van der Waals surface area (Å²) < 4.78 is 5.15. The number of primary amides is 1. The van der Waals surface area contributed by atoms with Crippen LogP contribution in [0.15, 0.2) is 24.3 Å². The van der Waals surface area contributed by atoms with Gasteiger partial charge in [-0.2, -0.15) is 0 Å². The molecule has 0 bridgehead atoms. The third-order valence-electron chi connectivity index (χ3n) is 5.24. The largest absolute Gasteiger partial charge is 0.455 e. The number of carbonyl (C=O) groups is 3. The summed E-state index contributed by atoms with van der Waals surface area (Å²) in [5, 5.41) is 3.05. The Morgan fingerprint density at radius 3 is 2.39 bits per heavy atom. The zero-order chi connectivity index (χ0) is 20.7. The van der Waals surface area contributed by atoms with E-state index in [1.807, 2.05) is 0 Å². The van der Waals surface area contributed by atoms with E-state index < -0.39 is 18.0 Å². The molecule has 1 aromatic rings. The third kappa shape index (κ3) is 6.71. The highest BCUT2D eigenvalue weighted by atomic mass is 35.5. The predicted molar refractivity (Wildman–Crippen MR) is 107 cm³/mol. The predicted octanol–water partition coefficient (Wildman–Crippen LogP) is 3.02. The van der Waals surface area contributed by atoms with Gasteiger partial charge in [-0.3, -0.25) is 9.59 Å². The summed E-state index contributed by atoms with van der Waals surface area (Å²) in [5.41, 5.74) is 5.87. The highest BCUT2D eigenvalue weighted by molar-refractivity contribution is 6.30. The van der Waals surface area contributed by atoms with Crippen LogP contribution in [-0.4, -0.2) is 42.5 Å². The van der Waals surface area contributed by atoms with E-state index in [4.69, 9.17) is 22.1 Å². The monoisotopic (exact) mass is 409 g/mol. The first kappa shape index (κ1) is 22.0. The van der Waals surface area contributed by atoms with Crippen molar-refractivity contribution in [2.75, 3.05) is 13.7 Å². The minimum Gasteiger partial charge on any atom is -0.455 e. The molecule has 28 heavy (non-hydrogen) atoms. The smallest absolute Gasteiger partial charge is 0.312 e. The van der Waals surface area contributed by atoms with Gasteiger partial charge < -0.3 is 20.7 Å². The van der Waals surface area contributed by atoms with Crippen LogP contribution in [0.25, 0.3) is 0 Å². The Hall–Kier alpha value is -2.28. The first-order valence-corrected chi connectivity index (χ1v) is 9.86. The summed E-state index contributed by atoms with van der Waals surface area (Å²) >= 11 is 5.87. The number of hydrogen-bond acceptors (Lipinski definition) is 4. The number of hydrogen-bond donors (Lipinski definition) is 2. The zero-order valence-electron chi connectivity index (χ0n) is 16.3. The number of rotatable bonds is 7. The fourth-order valence-corrected chi connectivity index (χ4v) is 3.55. The number of nitrogens with one attached hydrogen (secondary N) is 1. The van der Waals surface area contributed by atoms with Gasteiger partial charge in [0.05, 0.1) is 12.5 Å². The molecule has 1 aliphatic rings. The molecule has 0 aromatic heterocycles. The second kappa shape index (κ2) is 10.3. The van der Waals surface area contributed by atoms with Gasteiger partial charge >= 0.3 is 12.0 Å². The van der Waals surface area contributed by atoms with Gasteiger partial charge in [0.25, 0.3) is 5.91 Å². The maximum Gasteiger partial charge on any atom is 0.312 e. The molecule has 0 spiro atoms. The number of esters is 1. The molecule has 0 unspecified atom stereocenters. The van der Waals surface area contributed by atoms with Gasteiger partial charge in [-0.05, 0) is 49.3 Å². The van der Waals surface area contributed by atoms with Gasteiger partial charge in [-0.25, -0.2) is 4.79 Å². The van der Waals surface area contributed by atoms with Crippen LogP contribution in [0.2, 0.25) is 5.02 Å². The lowest BCUT2D eigenvalue weighted by atomic mass is 9.87. The lowest BCUT2D eigenvalue weighted by molar-refractivity contribution is -0.153. The average molecular weight is 410 g/mol. The van der Waals surface area contributed by atoms with Crippen LogP contribution in [0.1, 0.15) is 50.6 Å². The van der Waals surface area contributed by atoms with Crippen molar-refractivity contribution < 1.29 is 19.1 Å².